The standard InChI is InChI=1S/C14H19ClN4O.ClH/c1-14(2,16)13-17-12(20-18-13)9-19(3)8-10-6-4-5-7-11(10)15;/h4-7H,8-9,16H2,1-3H3;1H. The summed E-state index contributed by atoms with van der Waals surface area (Å²) in [7, 11) is 1.97. The summed E-state index contributed by atoms with van der Waals surface area (Å²) in [6.07, 6.45) is 0. The highest BCUT2D eigenvalue weighted by molar-refractivity contribution is 6.31. The van der Waals surface area contributed by atoms with Crippen molar-refractivity contribution in [3.63, 3.8) is 0 Å². The Bertz CT molecular complexity index is 580. The van der Waals surface area contributed by atoms with Gasteiger partial charge in [0.2, 0.25) is 5.89 Å². The molecule has 116 valence electrons. The number of aromatic nitrogens is 2. The van der Waals surface area contributed by atoms with Crippen molar-refractivity contribution in [1.82, 2.24) is 15.0 Å². The molecular formula is C14H20Cl2N4O. The molecule has 0 aliphatic carbocycles. The zero-order valence-electron chi connectivity index (χ0n) is 12.3. The van der Waals surface area contributed by atoms with Gasteiger partial charge in [0.1, 0.15) is 0 Å². The van der Waals surface area contributed by atoms with Crippen LogP contribution in [-0.2, 0) is 18.6 Å². The van der Waals surface area contributed by atoms with Crippen LogP contribution in [0.1, 0.15) is 31.1 Å². The molecule has 0 spiro atoms. The molecule has 1 heterocycles. The molecule has 2 aromatic rings. The predicted octanol–water partition coefficient (Wildman–Crippen LogP) is 2.97. The van der Waals surface area contributed by atoms with Gasteiger partial charge in [-0.15, -0.1) is 12.4 Å². The summed E-state index contributed by atoms with van der Waals surface area (Å²) in [4.78, 5) is 6.37. The highest BCUT2D eigenvalue weighted by Crippen LogP contribution is 2.18. The molecule has 0 atom stereocenters. The average molecular weight is 331 g/mol. The number of hydrogen-bond acceptors (Lipinski definition) is 5. The van der Waals surface area contributed by atoms with Gasteiger partial charge in [-0.3, -0.25) is 4.90 Å². The fourth-order valence-corrected chi connectivity index (χ4v) is 1.98. The van der Waals surface area contributed by atoms with Gasteiger partial charge in [-0.2, -0.15) is 4.98 Å². The molecule has 0 saturated heterocycles. The number of hydrogen-bond donors (Lipinski definition) is 1. The topological polar surface area (TPSA) is 68.2 Å². The molecule has 0 amide bonds. The molecule has 2 rings (SSSR count). The second-order valence-corrected chi connectivity index (χ2v) is 5.90. The first kappa shape index (κ1) is 17.9. The molecule has 2 N–H and O–H groups in total. The van der Waals surface area contributed by atoms with Crippen LogP contribution < -0.4 is 5.73 Å². The molecule has 1 aromatic heterocycles. The highest BCUT2D eigenvalue weighted by atomic mass is 35.5. The lowest BCUT2D eigenvalue weighted by atomic mass is 10.1. The molecule has 21 heavy (non-hydrogen) atoms. The molecule has 0 fully saturated rings. The van der Waals surface area contributed by atoms with Gasteiger partial charge in [0.25, 0.3) is 0 Å². The fraction of sp³-hybridized carbons (Fsp3) is 0.429. The van der Waals surface area contributed by atoms with Crippen LogP contribution >= 0.6 is 24.0 Å². The van der Waals surface area contributed by atoms with E-state index < -0.39 is 5.54 Å². The molecule has 0 unspecified atom stereocenters. The summed E-state index contributed by atoms with van der Waals surface area (Å²) in [5.74, 6) is 1.06. The maximum Gasteiger partial charge on any atom is 0.240 e. The van der Waals surface area contributed by atoms with Crippen molar-refractivity contribution < 1.29 is 4.52 Å². The van der Waals surface area contributed by atoms with Gasteiger partial charge >= 0.3 is 0 Å². The average Bonchev–Trinajstić information content (AvgIpc) is 2.80. The summed E-state index contributed by atoms with van der Waals surface area (Å²) >= 11 is 6.14. The molecule has 1 aromatic carbocycles. The second kappa shape index (κ2) is 7.22. The van der Waals surface area contributed by atoms with E-state index in [-0.39, 0.29) is 12.4 Å². The highest BCUT2D eigenvalue weighted by Gasteiger charge is 2.21. The first-order valence-corrected chi connectivity index (χ1v) is 6.78. The molecule has 7 heteroatoms. The van der Waals surface area contributed by atoms with Crippen molar-refractivity contribution in [2.24, 2.45) is 5.73 Å². The summed E-state index contributed by atoms with van der Waals surface area (Å²) in [5, 5.41) is 4.66. The van der Waals surface area contributed by atoms with Crippen LogP contribution in [0.4, 0.5) is 0 Å². The molecule has 0 radical (unpaired) electrons. The Morgan fingerprint density at radius 3 is 2.52 bits per heavy atom. The maximum absolute atomic E-state index is 6.14. The van der Waals surface area contributed by atoms with E-state index in [1.165, 1.54) is 0 Å². The van der Waals surface area contributed by atoms with Gasteiger partial charge in [0, 0.05) is 11.6 Å². The predicted molar refractivity (Wildman–Crippen MR) is 85.4 cm³/mol. The maximum atomic E-state index is 6.14. The van der Waals surface area contributed by atoms with E-state index in [1.807, 2.05) is 45.2 Å². The Morgan fingerprint density at radius 1 is 1.29 bits per heavy atom. The molecule has 0 bridgehead atoms. The first-order chi connectivity index (χ1) is 9.36. The van der Waals surface area contributed by atoms with Gasteiger partial charge in [-0.05, 0) is 32.5 Å². The van der Waals surface area contributed by atoms with Crippen molar-refractivity contribution >= 4 is 24.0 Å². The number of nitrogens with two attached hydrogens (primary N) is 1. The van der Waals surface area contributed by atoms with Crippen molar-refractivity contribution in [3.8, 4) is 0 Å². The fourth-order valence-electron chi connectivity index (χ4n) is 1.79. The monoisotopic (exact) mass is 330 g/mol. The number of benzene rings is 1. The lowest BCUT2D eigenvalue weighted by Gasteiger charge is -2.15. The zero-order valence-corrected chi connectivity index (χ0v) is 13.9. The minimum absolute atomic E-state index is 0. The van der Waals surface area contributed by atoms with Crippen LogP contribution in [0.5, 0.6) is 0 Å². The normalized spacial score (nSPS) is 11.5. The molecular weight excluding hydrogens is 311 g/mol. The van der Waals surface area contributed by atoms with Gasteiger partial charge < -0.3 is 10.3 Å². The molecule has 0 aliphatic rings. The number of halogens is 2. The minimum atomic E-state index is -0.594. The van der Waals surface area contributed by atoms with Crippen LogP contribution in [0.25, 0.3) is 0 Å². The minimum Gasteiger partial charge on any atom is -0.338 e. The van der Waals surface area contributed by atoms with E-state index in [9.17, 15) is 0 Å². The zero-order chi connectivity index (χ0) is 14.8. The third-order valence-electron chi connectivity index (χ3n) is 2.85. The third-order valence-corrected chi connectivity index (χ3v) is 3.22. The largest absolute Gasteiger partial charge is 0.338 e. The Labute approximate surface area is 135 Å². The first-order valence-electron chi connectivity index (χ1n) is 6.40. The van der Waals surface area contributed by atoms with Gasteiger partial charge in [-0.25, -0.2) is 0 Å². The van der Waals surface area contributed by atoms with Crippen LogP contribution in [0, 0.1) is 0 Å². The van der Waals surface area contributed by atoms with Crippen LogP contribution in [0.15, 0.2) is 28.8 Å². The van der Waals surface area contributed by atoms with E-state index in [1.54, 1.807) is 0 Å². The molecule has 0 saturated carbocycles. The van der Waals surface area contributed by atoms with E-state index >= 15 is 0 Å². The van der Waals surface area contributed by atoms with Crippen molar-refractivity contribution in [1.29, 1.82) is 0 Å². The van der Waals surface area contributed by atoms with Gasteiger partial charge in [0.15, 0.2) is 5.82 Å². The van der Waals surface area contributed by atoms with Gasteiger partial charge in [-0.1, -0.05) is 35.0 Å². The SMILES string of the molecule is CN(Cc1nc(C(C)(C)N)no1)Cc1ccccc1Cl.Cl. The summed E-state index contributed by atoms with van der Waals surface area (Å²) < 4.78 is 5.21. The van der Waals surface area contributed by atoms with Crippen LogP contribution in [0.2, 0.25) is 5.02 Å². The Balaban J connectivity index is 0.00000220. The van der Waals surface area contributed by atoms with E-state index in [2.05, 4.69) is 15.0 Å². The lowest BCUT2D eigenvalue weighted by Crippen LogP contribution is -2.30. The van der Waals surface area contributed by atoms with Crippen LogP contribution in [0.3, 0.4) is 0 Å². The molecule has 0 aliphatic heterocycles. The van der Waals surface area contributed by atoms with E-state index in [0.717, 1.165) is 10.6 Å². The van der Waals surface area contributed by atoms with Crippen molar-refractivity contribution in [2.75, 3.05) is 7.05 Å². The van der Waals surface area contributed by atoms with Crippen molar-refractivity contribution in [2.45, 2.75) is 32.5 Å². The Morgan fingerprint density at radius 2 is 1.95 bits per heavy atom. The quantitative estimate of drug-likeness (QED) is 0.912. The number of nitrogens with zero attached hydrogens (tertiary/aromatic N) is 3. The van der Waals surface area contributed by atoms with E-state index in [4.69, 9.17) is 21.9 Å². The number of rotatable bonds is 5. The van der Waals surface area contributed by atoms with Crippen LogP contribution in [-0.4, -0.2) is 22.1 Å². The summed E-state index contributed by atoms with van der Waals surface area (Å²) in [6, 6.07) is 7.77. The summed E-state index contributed by atoms with van der Waals surface area (Å²) in [5.41, 5.74) is 6.40. The molecule has 5 nitrogen and oxygen atoms in total. The summed E-state index contributed by atoms with van der Waals surface area (Å²) in [6.45, 7) is 4.95. The third kappa shape index (κ3) is 4.97. The van der Waals surface area contributed by atoms with Crippen molar-refractivity contribution in [3.05, 3.63) is 46.6 Å². The van der Waals surface area contributed by atoms with Gasteiger partial charge in [0.05, 0.1) is 12.1 Å². The Hall–Kier alpha value is -1.14. The Kier molecular flexibility index (Phi) is 6.16. The lowest BCUT2D eigenvalue weighted by molar-refractivity contribution is 0.259. The van der Waals surface area contributed by atoms with E-state index in [0.29, 0.717) is 24.8 Å². The smallest absolute Gasteiger partial charge is 0.240 e. The second-order valence-electron chi connectivity index (χ2n) is 5.50.